The first-order valence-corrected chi connectivity index (χ1v) is 15.5. The van der Waals surface area contributed by atoms with Gasteiger partial charge in [0.1, 0.15) is 5.78 Å². The van der Waals surface area contributed by atoms with Crippen molar-refractivity contribution in [3.8, 4) is 0 Å². The van der Waals surface area contributed by atoms with Crippen LogP contribution in [0.3, 0.4) is 0 Å². The monoisotopic (exact) mass is 430 g/mol. The Balaban J connectivity index is 1.66. The van der Waals surface area contributed by atoms with Gasteiger partial charge < -0.3 is 4.43 Å². The fourth-order valence-corrected chi connectivity index (χ4v) is 9.49. The molecule has 3 heteroatoms. The first kappa shape index (κ1) is 22.8. The zero-order valence-corrected chi connectivity index (χ0v) is 22.0. The molecule has 0 amide bonds. The first-order valence-electron chi connectivity index (χ1n) is 12.5. The van der Waals surface area contributed by atoms with Crippen LogP contribution in [0.1, 0.15) is 86.5 Å². The molecule has 1 spiro atoms. The topological polar surface area (TPSA) is 26.3 Å². The number of carbonyl (C=O) groups excluding carboxylic acids is 1. The van der Waals surface area contributed by atoms with E-state index in [0.29, 0.717) is 17.6 Å². The minimum atomic E-state index is -1.77. The zero-order chi connectivity index (χ0) is 22.3. The lowest BCUT2D eigenvalue weighted by Crippen LogP contribution is -2.70. The van der Waals surface area contributed by atoms with Gasteiger partial charge in [-0.15, -0.1) is 0 Å². The van der Waals surface area contributed by atoms with Gasteiger partial charge in [-0.3, -0.25) is 4.79 Å². The molecule has 0 aliphatic heterocycles. The second-order valence-electron chi connectivity index (χ2n) is 13.6. The molecule has 0 N–H and O–H groups in total. The molecule has 0 heterocycles. The zero-order valence-electron chi connectivity index (χ0n) is 21.0. The Morgan fingerprint density at radius 2 is 1.83 bits per heavy atom. The molecule has 1 unspecified atom stereocenters. The molecule has 0 saturated heterocycles. The number of carbonyl (C=O) groups is 1. The van der Waals surface area contributed by atoms with E-state index < -0.39 is 8.32 Å². The predicted molar refractivity (Wildman–Crippen MR) is 128 cm³/mol. The summed E-state index contributed by atoms with van der Waals surface area (Å²) >= 11 is 0. The van der Waals surface area contributed by atoms with Gasteiger partial charge in [-0.2, -0.15) is 0 Å². The fraction of sp³-hybridized carbons (Fsp3) is 0.889. The van der Waals surface area contributed by atoms with E-state index in [0.717, 1.165) is 19.4 Å². The van der Waals surface area contributed by atoms with Crippen molar-refractivity contribution in [2.24, 2.45) is 39.9 Å². The van der Waals surface area contributed by atoms with Crippen LogP contribution < -0.4 is 0 Å². The fourth-order valence-electron chi connectivity index (χ4n) is 8.36. The molecule has 4 fully saturated rings. The number of hydrogen-bond donors (Lipinski definition) is 0. The molecule has 2 nitrogen and oxygen atoms in total. The summed E-state index contributed by atoms with van der Waals surface area (Å²) in [5.74, 6) is 2.25. The highest BCUT2D eigenvalue weighted by atomic mass is 28.4. The summed E-state index contributed by atoms with van der Waals surface area (Å²) < 4.78 is 6.86. The van der Waals surface area contributed by atoms with Gasteiger partial charge in [0, 0.05) is 18.4 Å². The second kappa shape index (κ2) is 6.79. The number of fused-ring (bicyclic) bond motifs is 1. The third kappa shape index (κ3) is 2.86. The maximum atomic E-state index is 13.3. The van der Waals surface area contributed by atoms with Gasteiger partial charge in [-0.1, -0.05) is 60.1 Å². The molecule has 7 atom stereocenters. The Hall–Kier alpha value is -0.413. The van der Waals surface area contributed by atoms with E-state index in [1.165, 1.54) is 37.7 Å². The molecular formula is C27H46O2Si. The maximum Gasteiger partial charge on any atom is 0.192 e. The quantitative estimate of drug-likeness (QED) is 0.344. The molecule has 30 heavy (non-hydrogen) atoms. The number of hydrogen-bond acceptors (Lipinski definition) is 2. The van der Waals surface area contributed by atoms with Gasteiger partial charge in [0.25, 0.3) is 0 Å². The second-order valence-corrected chi connectivity index (χ2v) is 18.5. The highest BCUT2D eigenvalue weighted by molar-refractivity contribution is 6.74. The summed E-state index contributed by atoms with van der Waals surface area (Å²) in [6.07, 6.45) is 8.68. The van der Waals surface area contributed by atoms with Gasteiger partial charge >= 0.3 is 0 Å². The van der Waals surface area contributed by atoms with E-state index in [2.05, 4.69) is 61.2 Å². The summed E-state index contributed by atoms with van der Waals surface area (Å²) in [5, 5.41) is 0.250. The molecule has 0 aromatic carbocycles. The van der Waals surface area contributed by atoms with Gasteiger partial charge in [0.2, 0.25) is 0 Å². The first-order chi connectivity index (χ1) is 13.7. The van der Waals surface area contributed by atoms with E-state index in [1.54, 1.807) is 0 Å². The predicted octanol–water partition coefficient (Wildman–Crippen LogP) is 7.40. The van der Waals surface area contributed by atoms with Crippen molar-refractivity contribution in [3.63, 3.8) is 0 Å². The lowest BCUT2D eigenvalue weighted by Gasteiger charge is -2.74. The highest BCUT2D eigenvalue weighted by Crippen LogP contribution is 2.77. The van der Waals surface area contributed by atoms with E-state index in [-0.39, 0.29) is 33.1 Å². The van der Waals surface area contributed by atoms with Gasteiger partial charge in [0.15, 0.2) is 8.32 Å². The number of ketones is 1. The van der Waals surface area contributed by atoms with Crippen LogP contribution in [0, 0.1) is 39.9 Å². The average Bonchev–Trinajstić information content (AvgIpc) is 2.60. The Bertz CT molecular complexity index is 748. The van der Waals surface area contributed by atoms with E-state index >= 15 is 0 Å². The van der Waals surface area contributed by atoms with Crippen molar-refractivity contribution in [3.05, 3.63) is 12.2 Å². The minimum absolute atomic E-state index is 0.141. The molecule has 0 aromatic heterocycles. The van der Waals surface area contributed by atoms with Crippen LogP contribution in [0.5, 0.6) is 0 Å². The van der Waals surface area contributed by atoms with Crippen molar-refractivity contribution in [2.45, 2.75) is 105 Å². The molecule has 0 radical (unpaired) electrons. The van der Waals surface area contributed by atoms with Crippen LogP contribution in [0.25, 0.3) is 0 Å². The largest absolute Gasteiger partial charge is 0.416 e. The lowest BCUT2D eigenvalue weighted by atomic mass is 9.30. The van der Waals surface area contributed by atoms with Gasteiger partial charge in [-0.25, -0.2) is 0 Å². The van der Waals surface area contributed by atoms with Crippen molar-refractivity contribution < 1.29 is 9.22 Å². The SMILES string of the molecule is C=C1C[C@]23[C@@H](CC[C@H]4[C@@](C)(CO[Si](C)(C)C(C)(C)C)CCC[C@@]42C)CC(C)C(=O)[C@@H]13. The molecule has 4 aliphatic carbocycles. The van der Waals surface area contributed by atoms with Crippen molar-refractivity contribution >= 4 is 14.1 Å². The third-order valence-electron chi connectivity index (χ3n) is 11.1. The molecule has 0 bridgehead atoms. The molecule has 0 aromatic rings. The molecule has 4 saturated carbocycles. The maximum absolute atomic E-state index is 13.3. The van der Waals surface area contributed by atoms with E-state index in [1.807, 2.05) is 0 Å². The van der Waals surface area contributed by atoms with Crippen LogP contribution in [0.4, 0.5) is 0 Å². The van der Waals surface area contributed by atoms with E-state index in [4.69, 9.17) is 4.43 Å². The van der Waals surface area contributed by atoms with Crippen LogP contribution in [-0.4, -0.2) is 20.7 Å². The number of Topliss-reactive ketones (excluding diaryl/α,β-unsaturated/α-hetero) is 1. The Morgan fingerprint density at radius 3 is 2.43 bits per heavy atom. The van der Waals surface area contributed by atoms with Crippen molar-refractivity contribution in [1.29, 1.82) is 0 Å². The third-order valence-corrected chi connectivity index (χ3v) is 15.5. The summed E-state index contributed by atoms with van der Waals surface area (Å²) in [6, 6.07) is 0. The van der Waals surface area contributed by atoms with Crippen molar-refractivity contribution in [2.75, 3.05) is 6.61 Å². The normalized spacial score (nSPS) is 46.5. The standard InChI is InChI=1S/C27H46O2Si/c1-18-15-20-11-12-21-25(6,17-29-30(8,9)24(3,4)5)13-10-14-26(21,7)27(20)16-19(2)22(27)23(18)28/h18,20-22H,2,10-17H2,1,3-9H3/t18?,20-,21-,22+,25+,26-,27+/m0/s1. The minimum Gasteiger partial charge on any atom is -0.416 e. The van der Waals surface area contributed by atoms with Gasteiger partial charge in [0.05, 0.1) is 0 Å². The Kier molecular flexibility index (Phi) is 5.16. The number of allylic oxidation sites excluding steroid dienone is 1. The highest BCUT2D eigenvalue weighted by Gasteiger charge is 2.72. The van der Waals surface area contributed by atoms with Crippen LogP contribution in [0.2, 0.25) is 18.1 Å². The smallest absolute Gasteiger partial charge is 0.192 e. The lowest BCUT2D eigenvalue weighted by molar-refractivity contribution is -0.226. The van der Waals surface area contributed by atoms with E-state index in [9.17, 15) is 4.79 Å². The summed E-state index contributed by atoms with van der Waals surface area (Å²) in [5.41, 5.74) is 1.91. The van der Waals surface area contributed by atoms with Gasteiger partial charge in [-0.05, 0) is 84.7 Å². The molecular weight excluding hydrogens is 384 g/mol. The Morgan fingerprint density at radius 1 is 1.17 bits per heavy atom. The Labute approximate surface area is 186 Å². The number of rotatable bonds is 3. The average molecular weight is 431 g/mol. The molecule has 4 rings (SSSR count). The molecule has 170 valence electrons. The van der Waals surface area contributed by atoms with Crippen molar-refractivity contribution in [1.82, 2.24) is 0 Å². The molecule has 4 aliphatic rings. The summed E-state index contributed by atoms with van der Waals surface area (Å²) in [7, 11) is -1.77. The summed E-state index contributed by atoms with van der Waals surface area (Å²) in [6.45, 7) is 24.4. The van der Waals surface area contributed by atoms with Crippen LogP contribution in [0.15, 0.2) is 12.2 Å². The van der Waals surface area contributed by atoms with Crippen LogP contribution in [-0.2, 0) is 9.22 Å². The summed E-state index contributed by atoms with van der Waals surface area (Å²) in [4.78, 5) is 13.3. The van der Waals surface area contributed by atoms with Crippen LogP contribution >= 0.6 is 0 Å².